The lowest BCUT2D eigenvalue weighted by atomic mass is 9.79. The van der Waals surface area contributed by atoms with Crippen LogP contribution in [0.25, 0.3) is 0 Å². The van der Waals surface area contributed by atoms with Gasteiger partial charge >= 0.3 is 0 Å². The van der Waals surface area contributed by atoms with Crippen LogP contribution >= 0.6 is 0 Å². The molecule has 222 valence electrons. The van der Waals surface area contributed by atoms with Crippen molar-refractivity contribution in [3.63, 3.8) is 0 Å². The summed E-state index contributed by atoms with van der Waals surface area (Å²) >= 11 is 0. The summed E-state index contributed by atoms with van der Waals surface area (Å²) in [7, 11) is -3.19. The maximum Gasteiger partial charge on any atom is 0.220 e. The lowest BCUT2D eigenvalue weighted by Crippen LogP contribution is -2.46. The van der Waals surface area contributed by atoms with Crippen molar-refractivity contribution in [1.82, 2.24) is 10.2 Å². The highest BCUT2D eigenvalue weighted by molar-refractivity contribution is 7.92. The first-order valence-corrected chi connectivity index (χ1v) is 17.3. The fourth-order valence-electron chi connectivity index (χ4n) is 8.48. The first-order chi connectivity index (χ1) is 19.3. The van der Waals surface area contributed by atoms with Crippen LogP contribution in [0.3, 0.4) is 0 Å². The number of hydrogen-bond acceptors (Lipinski definition) is 7. The van der Waals surface area contributed by atoms with E-state index in [0.717, 1.165) is 45.2 Å². The molecular formula is C31H46N2O6S. The fraction of sp³-hybridized carbons (Fsp3) is 0.774. The summed E-state index contributed by atoms with van der Waals surface area (Å²) in [5, 5.41) is 14.4. The molecule has 1 aromatic carbocycles. The van der Waals surface area contributed by atoms with Gasteiger partial charge in [-0.2, -0.15) is 0 Å². The molecule has 1 amide bonds. The lowest BCUT2D eigenvalue weighted by Gasteiger charge is -2.37. The van der Waals surface area contributed by atoms with E-state index >= 15 is 0 Å². The van der Waals surface area contributed by atoms with Crippen molar-refractivity contribution in [2.24, 2.45) is 17.8 Å². The van der Waals surface area contributed by atoms with Gasteiger partial charge in [0.15, 0.2) is 21.3 Å². The number of ether oxygens (including phenoxy) is 2. The van der Waals surface area contributed by atoms with Crippen LogP contribution in [0.2, 0.25) is 0 Å². The number of carbonyl (C=O) groups excluding carboxylic acids is 1. The van der Waals surface area contributed by atoms with Crippen molar-refractivity contribution in [3.8, 4) is 11.5 Å². The minimum Gasteiger partial charge on any atom is -0.486 e. The Morgan fingerprint density at radius 2 is 1.80 bits per heavy atom. The summed E-state index contributed by atoms with van der Waals surface area (Å²) in [6.07, 6.45) is 10.2. The molecule has 3 bridgehead atoms. The van der Waals surface area contributed by atoms with Gasteiger partial charge < -0.3 is 24.8 Å². The number of sulfone groups is 1. The Morgan fingerprint density at radius 1 is 1.02 bits per heavy atom. The molecule has 1 saturated heterocycles. The maximum absolute atomic E-state index is 13.6. The number of amides is 1. The monoisotopic (exact) mass is 574 g/mol. The third-order valence-electron chi connectivity index (χ3n) is 10.4. The second-order valence-electron chi connectivity index (χ2n) is 13.2. The summed E-state index contributed by atoms with van der Waals surface area (Å²) in [4.78, 5) is 15.3. The number of aliphatic hydroxyl groups excluding tert-OH is 1. The van der Waals surface area contributed by atoms with Crippen LogP contribution in [0.4, 0.5) is 0 Å². The molecular weight excluding hydrogens is 528 g/mol. The Balaban J connectivity index is 1.04. The zero-order valence-electron chi connectivity index (χ0n) is 23.7. The van der Waals surface area contributed by atoms with Gasteiger partial charge in [0.05, 0.1) is 16.5 Å². The Kier molecular flexibility index (Phi) is 8.35. The smallest absolute Gasteiger partial charge is 0.220 e. The number of nitrogens with zero attached hydrogens (tertiary/aromatic N) is 1. The largest absolute Gasteiger partial charge is 0.486 e. The van der Waals surface area contributed by atoms with Crippen LogP contribution in [0.5, 0.6) is 11.5 Å². The molecule has 3 saturated carbocycles. The number of likely N-dealkylation sites (tertiary alicyclic amines) is 1. The van der Waals surface area contributed by atoms with Crippen LogP contribution < -0.4 is 14.8 Å². The van der Waals surface area contributed by atoms with E-state index in [1.54, 1.807) is 6.07 Å². The molecule has 0 aromatic heterocycles. The summed E-state index contributed by atoms with van der Waals surface area (Å²) < 4.78 is 38.0. The van der Waals surface area contributed by atoms with Gasteiger partial charge in [-0.3, -0.25) is 4.79 Å². The third-order valence-corrected chi connectivity index (χ3v) is 13.1. The van der Waals surface area contributed by atoms with Gasteiger partial charge in [0, 0.05) is 13.0 Å². The summed E-state index contributed by atoms with van der Waals surface area (Å²) in [6.45, 7) is 3.47. The van der Waals surface area contributed by atoms with E-state index in [2.05, 4.69) is 10.2 Å². The molecule has 0 spiro atoms. The Morgan fingerprint density at radius 3 is 2.62 bits per heavy atom. The van der Waals surface area contributed by atoms with Crippen LogP contribution in [-0.4, -0.2) is 73.7 Å². The van der Waals surface area contributed by atoms with Crippen LogP contribution in [-0.2, 0) is 14.6 Å². The average Bonchev–Trinajstić information content (AvgIpc) is 3.52. The fourth-order valence-corrected chi connectivity index (χ4v) is 10.9. The van der Waals surface area contributed by atoms with Crippen molar-refractivity contribution >= 4 is 15.7 Å². The number of benzene rings is 1. The second kappa shape index (κ2) is 11.8. The van der Waals surface area contributed by atoms with Crippen molar-refractivity contribution in [3.05, 3.63) is 23.8 Å². The molecule has 2 N–H and O–H groups in total. The number of hydrogen-bond donors (Lipinski definition) is 2. The van der Waals surface area contributed by atoms with Gasteiger partial charge in [-0.1, -0.05) is 25.3 Å². The number of aliphatic hydroxyl groups is 1. The first kappa shape index (κ1) is 28.3. The molecule has 8 nitrogen and oxygen atoms in total. The Bertz CT molecular complexity index is 1160. The lowest BCUT2D eigenvalue weighted by molar-refractivity contribution is -0.123. The van der Waals surface area contributed by atoms with E-state index in [0.29, 0.717) is 67.4 Å². The van der Waals surface area contributed by atoms with Crippen LogP contribution in [0.1, 0.15) is 88.7 Å². The number of carbonyl (C=O) groups is 1. The van der Waals surface area contributed by atoms with E-state index in [1.165, 1.54) is 25.7 Å². The van der Waals surface area contributed by atoms with Gasteiger partial charge in [0.1, 0.15) is 19.3 Å². The minimum atomic E-state index is -3.19. The molecule has 2 heterocycles. The number of nitrogens with one attached hydrogen (secondary N) is 1. The predicted molar refractivity (Wildman–Crippen MR) is 153 cm³/mol. The second-order valence-corrected chi connectivity index (χ2v) is 15.7. The molecule has 6 atom stereocenters. The summed E-state index contributed by atoms with van der Waals surface area (Å²) in [5.41, 5.74) is 0.686. The van der Waals surface area contributed by atoms with E-state index in [9.17, 15) is 18.3 Å². The van der Waals surface area contributed by atoms with Gasteiger partial charge in [-0.25, -0.2) is 8.42 Å². The predicted octanol–water partition coefficient (Wildman–Crippen LogP) is 4.02. The molecule has 3 aliphatic carbocycles. The highest BCUT2D eigenvalue weighted by atomic mass is 32.2. The standard InChI is InChI=1S/C31H46N2O6S/c34-29(8-1-4-15-40(36,37)31-18-22-6-5-7-24(19-31)25(16-22)20-31)32-26(21-33-11-2-3-12-33)30(35)23-9-10-27-28(17-23)39-14-13-38-27/h9-10,17,22,24-26,30,35H,1-8,11-16,18-21H2,(H,32,34)/t22?,24?,25?,26-,30+,31?/m1/s1. The van der Waals surface area contributed by atoms with Crippen molar-refractivity contribution in [1.29, 1.82) is 0 Å². The van der Waals surface area contributed by atoms with E-state index in [4.69, 9.17) is 9.47 Å². The Labute approximate surface area is 239 Å². The zero-order chi connectivity index (χ0) is 27.7. The van der Waals surface area contributed by atoms with Crippen molar-refractivity contribution < 1.29 is 27.8 Å². The highest BCUT2D eigenvalue weighted by Gasteiger charge is 2.57. The topological polar surface area (TPSA) is 105 Å². The third kappa shape index (κ3) is 5.88. The minimum absolute atomic E-state index is 0.135. The molecule has 4 fully saturated rings. The van der Waals surface area contributed by atoms with Crippen LogP contribution in [0, 0.1) is 17.8 Å². The quantitative estimate of drug-likeness (QED) is 0.385. The van der Waals surface area contributed by atoms with Crippen LogP contribution in [0.15, 0.2) is 18.2 Å². The van der Waals surface area contributed by atoms with Gasteiger partial charge in [-0.15, -0.1) is 0 Å². The molecule has 4 unspecified atom stereocenters. The van der Waals surface area contributed by atoms with E-state index < -0.39 is 26.7 Å². The van der Waals surface area contributed by atoms with E-state index in [1.807, 2.05) is 12.1 Å². The zero-order valence-corrected chi connectivity index (χ0v) is 24.5. The highest BCUT2D eigenvalue weighted by Crippen LogP contribution is 2.58. The number of unbranched alkanes of at least 4 members (excludes halogenated alkanes) is 1. The van der Waals surface area contributed by atoms with Crippen molar-refractivity contribution in [2.45, 2.75) is 93.9 Å². The number of fused-ring (bicyclic) bond motifs is 3. The van der Waals surface area contributed by atoms with Crippen molar-refractivity contribution in [2.75, 3.05) is 38.6 Å². The van der Waals surface area contributed by atoms with Gasteiger partial charge in [-0.05, 0) is 99.9 Å². The average molecular weight is 575 g/mol. The molecule has 6 rings (SSSR count). The first-order valence-electron chi connectivity index (χ1n) is 15.6. The van der Waals surface area contributed by atoms with E-state index in [-0.39, 0.29) is 18.1 Å². The molecule has 2 aliphatic heterocycles. The normalized spacial score (nSPS) is 31.1. The summed E-state index contributed by atoms with van der Waals surface area (Å²) in [5.74, 6) is 3.12. The summed E-state index contributed by atoms with van der Waals surface area (Å²) in [6, 6.07) is 4.99. The SMILES string of the molecule is O=C(CCCCS(=O)(=O)C12CC3CCCC(C1)C(C3)C2)N[C@H](CN1CCCC1)[C@@H](O)c1ccc2c(c1)OCCO2. The molecule has 5 aliphatic rings. The maximum atomic E-state index is 13.6. The molecule has 40 heavy (non-hydrogen) atoms. The molecule has 0 radical (unpaired) electrons. The number of rotatable bonds is 11. The molecule has 9 heteroatoms. The Hall–Kier alpha value is -1.84. The molecule has 1 aromatic rings. The van der Waals surface area contributed by atoms with Gasteiger partial charge in [0.25, 0.3) is 0 Å². The van der Waals surface area contributed by atoms with Gasteiger partial charge in [0.2, 0.25) is 5.91 Å².